The molecule has 1 heterocycles. The second kappa shape index (κ2) is 6.40. The zero-order chi connectivity index (χ0) is 14.7. The molecule has 0 spiro atoms. The third-order valence-corrected chi connectivity index (χ3v) is 3.75. The van der Waals surface area contributed by atoms with Gasteiger partial charge in [0.2, 0.25) is 0 Å². The van der Waals surface area contributed by atoms with Gasteiger partial charge in [0.1, 0.15) is 5.82 Å². The number of rotatable bonds is 6. The van der Waals surface area contributed by atoms with Gasteiger partial charge >= 0.3 is 0 Å². The summed E-state index contributed by atoms with van der Waals surface area (Å²) in [4.78, 5) is 4.87. The van der Waals surface area contributed by atoms with Gasteiger partial charge in [-0.1, -0.05) is 26.8 Å². The van der Waals surface area contributed by atoms with Crippen LogP contribution in [0.15, 0.2) is 18.2 Å². The van der Waals surface area contributed by atoms with Crippen LogP contribution in [-0.4, -0.2) is 22.6 Å². The predicted molar refractivity (Wildman–Crippen MR) is 86.5 cm³/mol. The summed E-state index contributed by atoms with van der Waals surface area (Å²) in [5.41, 5.74) is 3.76. The Morgan fingerprint density at radius 2 is 1.95 bits per heavy atom. The van der Waals surface area contributed by atoms with Crippen molar-refractivity contribution in [1.82, 2.24) is 14.9 Å². The van der Waals surface area contributed by atoms with Gasteiger partial charge in [-0.25, -0.2) is 4.98 Å². The lowest BCUT2D eigenvalue weighted by Gasteiger charge is -2.13. The van der Waals surface area contributed by atoms with E-state index in [-0.39, 0.29) is 0 Å². The summed E-state index contributed by atoms with van der Waals surface area (Å²) in [6, 6.07) is 7.16. The van der Waals surface area contributed by atoms with E-state index in [4.69, 9.17) is 4.98 Å². The third kappa shape index (κ3) is 3.04. The molecule has 0 aliphatic heterocycles. The lowest BCUT2D eigenvalue weighted by Crippen LogP contribution is -2.18. The third-order valence-electron chi connectivity index (χ3n) is 3.75. The molecule has 1 N–H and O–H groups in total. The topological polar surface area (TPSA) is 29.9 Å². The fraction of sp³-hybridized carbons (Fsp3) is 0.588. The first kappa shape index (κ1) is 15.0. The molecule has 0 unspecified atom stereocenters. The number of fused-ring (bicyclic) bond motifs is 1. The lowest BCUT2D eigenvalue weighted by molar-refractivity contribution is 0.572. The Morgan fingerprint density at radius 1 is 1.20 bits per heavy atom. The maximum atomic E-state index is 4.87. The monoisotopic (exact) mass is 273 g/mol. The Labute approximate surface area is 122 Å². The highest BCUT2D eigenvalue weighted by atomic mass is 15.1. The molecule has 0 aliphatic rings. The minimum Gasteiger partial charge on any atom is -0.325 e. The number of nitrogens with one attached hydrogen (secondary N) is 1. The summed E-state index contributed by atoms with van der Waals surface area (Å²) in [5.74, 6) is 1.74. The van der Waals surface area contributed by atoms with Crippen LogP contribution in [-0.2, 0) is 6.42 Å². The molecule has 1 aromatic carbocycles. The van der Waals surface area contributed by atoms with Gasteiger partial charge in [0.05, 0.1) is 11.0 Å². The van der Waals surface area contributed by atoms with Gasteiger partial charge in [-0.2, -0.15) is 0 Å². The Kier molecular flexibility index (Phi) is 4.81. The summed E-state index contributed by atoms with van der Waals surface area (Å²) in [6.45, 7) is 13.1. The average molecular weight is 273 g/mol. The summed E-state index contributed by atoms with van der Waals surface area (Å²) in [5, 5.41) is 3.38. The van der Waals surface area contributed by atoms with E-state index in [2.05, 4.69) is 62.7 Å². The van der Waals surface area contributed by atoms with Crippen LogP contribution in [0.25, 0.3) is 11.0 Å². The van der Waals surface area contributed by atoms with Crippen molar-refractivity contribution in [2.75, 3.05) is 13.1 Å². The molecule has 2 rings (SSSR count). The number of aromatic nitrogens is 2. The minimum absolute atomic E-state index is 0.446. The van der Waals surface area contributed by atoms with Gasteiger partial charge < -0.3 is 9.88 Å². The maximum absolute atomic E-state index is 4.87. The van der Waals surface area contributed by atoms with E-state index >= 15 is 0 Å². The molecule has 0 fully saturated rings. The standard InChI is InChI=1S/C17H27N3/c1-6-18-10-9-17-19-15-11-14(12(2)3)7-8-16(15)20(17)13(4)5/h7-8,11-13,18H,6,9-10H2,1-5H3. The van der Waals surface area contributed by atoms with Crippen molar-refractivity contribution in [2.45, 2.75) is 53.0 Å². The fourth-order valence-corrected chi connectivity index (χ4v) is 2.65. The van der Waals surface area contributed by atoms with Gasteiger partial charge in [-0.3, -0.25) is 0 Å². The quantitative estimate of drug-likeness (QED) is 0.809. The normalized spacial score (nSPS) is 11.9. The smallest absolute Gasteiger partial charge is 0.111 e. The van der Waals surface area contributed by atoms with E-state index in [1.807, 2.05) is 0 Å². The van der Waals surface area contributed by atoms with Crippen molar-refractivity contribution in [3.05, 3.63) is 29.6 Å². The Balaban J connectivity index is 2.42. The zero-order valence-electron chi connectivity index (χ0n) is 13.4. The zero-order valence-corrected chi connectivity index (χ0v) is 13.4. The second-order valence-electron chi connectivity index (χ2n) is 6.00. The van der Waals surface area contributed by atoms with Crippen LogP contribution in [0, 0.1) is 0 Å². The van der Waals surface area contributed by atoms with Crippen molar-refractivity contribution >= 4 is 11.0 Å². The minimum atomic E-state index is 0.446. The molecule has 3 heteroatoms. The predicted octanol–water partition coefficient (Wildman–Crippen LogP) is 3.89. The molecule has 2 aromatic rings. The molecule has 0 amide bonds. The highest BCUT2D eigenvalue weighted by Crippen LogP contribution is 2.25. The van der Waals surface area contributed by atoms with Crippen molar-refractivity contribution in [1.29, 1.82) is 0 Å². The van der Waals surface area contributed by atoms with Crippen LogP contribution < -0.4 is 5.32 Å². The van der Waals surface area contributed by atoms with Crippen LogP contribution in [0.1, 0.15) is 58.0 Å². The fourth-order valence-electron chi connectivity index (χ4n) is 2.65. The molecule has 3 nitrogen and oxygen atoms in total. The molecule has 0 saturated carbocycles. The Morgan fingerprint density at radius 3 is 2.55 bits per heavy atom. The summed E-state index contributed by atoms with van der Waals surface area (Å²) < 4.78 is 2.37. The molecule has 20 heavy (non-hydrogen) atoms. The lowest BCUT2D eigenvalue weighted by atomic mass is 10.0. The first-order chi connectivity index (χ1) is 9.54. The van der Waals surface area contributed by atoms with Crippen molar-refractivity contribution in [3.63, 3.8) is 0 Å². The summed E-state index contributed by atoms with van der Waals surface area (Å²) >= 11 is 0. The van der Waals surface area contributed by atoms with E-state index in [0.29, 0.717) is 12.0 Å². The first-order valence-corrected chi connectivity index (χ1v) is 7.76. The molecular weight excluding hydrogens is 246 g/mol. The van der Waals surface area contributed by atoms with Crippen LogP contribution in [0.2, 0.25) is 0 Å². The number of hydrogen-bond acceptors (Lipinski definition) is 2. The van der Waals surface area contributed by atoms with Gasteiger partial charge in [-0.15, -0.1) is 0 Å². The molecule has 0 atom stereocenters. The van der Waals surface area contributed by atoms with Gasteiger partial charge in [0, 0.05) is 19.0 Å². The first-order valence-electron chi connectivity index (χ1n) is 7.76. The highest BCUT2D eigenvalue weighted by molar-refractivity contribution is 5.77. The average Bonchev–Trinajstić information content (AvgIpc) is 2.76. The molecular formula is C17H27N3. The van der Waals surface area contributed by atoms with E-state index in [1.54, 1.807) is 0 Å². The van der Waals surface area contributed by atoms with E-state index in [1.165, 1.54) is 16.9 Å². The molecule has 0 aliphatic carbocycles. The Bertz CT molecular complexity index is 567. The van der Waals surface area contributed by atoms with Crippen molar-refractivity contribution < 1.29 is 0 Å². The van der Waals surface area contributed by atoms with Gasteiger partial charge in [-0.05, 0) is 44.0 Å². The molecule has 0 saturated heterocycles. The molecule has 1 aromatic heterocycles. The number of imidazole rings is 1. The van der Waals surface area contributed by atoms with Crippen molar-refractivity contribution in [2.24, 2.45) is 0 Å². The summed E-state index contributed by atoms with van der Waals surface area (Å²) in [7, 11) is 0. The highest BCUT2D eigenvalue weighted by Gasteiger charge is 2.13. The largest absolute Gasteiger partial charge is 0.325 e. The van der Waals surface area contributed by atoms with Crippen LogP contribution in [0.5, 0.6) is 0 Å². The van der Waals surface area contributed by atoms with E-state index < -0.39 is 0 Å². The number of nitrogens with zero attached hydrogens (tertiary/aromatic N) is 2. The maximum Gasteiger partial charge on any atom is 0.111 e. The molecule has 0 radical (unpaired) electrons. The van der Waals surface area contributed by atoms with Crippen LogP contribution >= 0.6 is 0 Å². The van der Waals surface area contributed by atoms with E-state index in [0.717, 1.165) is 25.0 Å². The number of benzene rings is 1. The molecule has 0 bridgehead atoms. The number of likely N-dealkylation sites (N-methyl/N-ethyl adjacent to an activating group) is 1. The van der Waals surface area contributed by atoms with E-state index in [9.17, 15) is 0 Å². The SMILES string of the molecule is CCNCCc1nc2cc(C(C)C)ccc2n1C(C)C. The Hall–Kier alpha value is -1.35. The van der Waals surface area contributed by atoms with Crippen LogP contribution in [0.4, 0.5) is 0 Å². The summed E-state index contributed by atoms with van der Waals surface area (Å²) in [6.07, 6.45) is 0.984. The van der Waals surface area contributed by atoms with Gasteiger partial charge in [0.25, 0.3) is 0 Å². The molecule has 110 valence electrons. The van der Waals surface area contributed by atoms with Crippen molar-refractivity contribution in [3.8, 4) is 0 Å². The second-order valence-corrected chi connectivity index (χ2v) is 6.00. The number of hydrogen-bond donors (Lipinski definition) is 1. The van der Waals surface area contributed by atoms with Crippen LogP contribution in [0.3, 0.4) is 0 Å². The van der Waals surface area contributed by atoms with Gasteiger partial charge in [0.15, 0.2) is 0 Å².